The maximum absolute atomic E-state index is 10.8. The molecule has 1 unspecified atom stereocenters. The fourth-order valence-electron chi connectivity index (χ4n) is 0.544. The number of ether oxygens (including phenoxy) is 1. The van der Waals surface area contributed by atoms with Crippen molar-refractivity contribution in [2.75, 3.05) is 13.2 Å². The maximum atomic E-state index is 10.8. The molecule has 0 heterocycles. The van der Waals surface area contributed by atoms with Gasteiger partial charge in [-0.1, -0.05) is 6.58 Å². The van der Waals surface area contributed by atoms with Crippen LogP contribution in [0.4, 0.5) is 0 Å². The van der Waals surface area contributed by atoms with Crippen molar-refractivity contribution in [2.45, 2.75) is 40.2 Å². The summed E-state index contributed by atoms with van der Waals surface area (Å²) < 4.78 is 4.80. The van der Waals surface area contributed by atoms with Crippen LogP contribution in [0.2, 0.25) is 0 Å². The number of carboxylic acid groups (broad SMARTS) is 3. The van der Waals surface area contributed by atoms with Gasteiger partial charge in [-0.15, -0.1) is 0 Å². The molecule has 0 spiro atoms. The smallest absolute Gasteiger partial charge is 0.333 e. The summed E-state index contributed by atoms with van der Waals surface area (Å²) in [5, 5.41) is 22.2. The van der Waals surface area contributed by atoms with Gasteiger partial charge in [0, 0.05) is 38.9 Å². The van der Waals surface area contributed by atoms with Crippen LogP contribution in [0.15, 0.2) is 12.2 Å². The van der Waals surface area contributed by atoms with Gasteiger partial charge in [-0.05, 0) is 13.3 Å². The van der Waals surface area contributed by atoms with E-state index in [2.05, 4.69) is 6.58 Å². The molecule has 0 aliphatic rings. The lowest BCUT2D eigenvalue weighted by Gasteiger charge is -2.08. The third-order valence-corrected chi connectivity index (χ3v) is 1.37. The number of hydrogen-bond acceptors (Lipinski definition) is 7. The van der Waals surface area contributed by atoms with Crippen molar-refractivity contribution in [2.24, 2.45) is 11.5 Å². The van der Waals surface area contributed by atoms with Gasteiger partial charge in [0.15, 0.2) is 0 Å². The lowest BCUT2D eigenvalue weighted by atomic mass is 10.2. The standard InChI is InChI=1S/C8H16N2O2.3C2H4O2/c1-6(2)8(11)12-4-3-7(10)5-9;3*1-2(3)4/h7H,1,3-5,9-10H2,2H3;3*1H3,(H,3,4). The molecule has 0 radical (unpaired) electrons. The Bertz CT molecular complexity index is 356. The molecule has 10 heteroatoms. The summed E-state index contributed by atoms with van der Waals surface area (Å²) >= 11 is 0. The topological polar surface area (TPSA) is 190 Å². The van der Waals surface area contributed by atoms with Crippen LogP contribution in [0, 0.1) is 0 Å². The molecule has 0 rings (SSSR count). The van der Waals surface area contributed by atoms with Crippen molar-refractivity contribution in [3.05, 3.63) is 12.2 Å². The molecular formula is C14H28N2O8. The summed E-state index contributed by atoms with van der Waals surface area (Å²) in [6.45, 7) is 9.01. The molecule has 0 saturated carbocycles. The summed E-state index contributed by atoms with van der Waals surface area (Å²) in [6, 6.07) is -0.0945. The predicted molar refractivity (Wildman–Crippen MR) is 87.3 cm³/mol. The summed E-state index contributed by atoms with van der Waals surface area (Å²) in [4.78, 5) is 37.8. The molecule has 0 fully saturated rings. The van der Waals surface area contributed by atoms with Gasteiger partial charge in [0.05, 0.1) is 6.61 Å². The molecule has 0 amide bonds. The van der Waals surface area contributed by atoms with Crippen LogP contribution in [0.1, 0.15) is 34.1 Å². The van der Waals surface area contributed by atoms with E-state index in [1.54, 1.807) is 6.92 Å². The highest BCUT2D eigenvalue weighted by molar-refractivity contribution is 5.86. The fourth-order valence-corrected chi connectivity index (χ4v) is 0.544. The number of aliphatic carboxylic acids is 3. The van der Waals surface area contributed by atoms with E-state index in [0.29, 0.717) is 25.1 Å². The third-order valence-electron chi connectivity index (χ3n) is 1.37. The number of nitrogens with two attached hydrogens (primary N) is 2. The molecule has 0 aromatic carbocycles. The van der Waals surface area contributed by atoms with Crippen LogP contribution >= 0.6 is 0 Å². The third kappa shape index (κ3) is 73.8. The predicted octanol–water partition coefficient (Wildman–Crippen LogP) is 0.0545. The number of carbonyl (C=O) groups is 4. The molecule has 7 N–H and O–H groups in total. The molecule has 0 aromatic heterocycles. The van der Waals surface area contributed by atoms with Crippen molar-refractivity contribution in [1.82, 2.24) is 0 Å². The van der Waals surface area contributed by atoms with E-state index in [9.17, 15) is 4.79 Å². The van der Waals surface area contributed by atoms with Gasteiger partial charge < -0.3 is 31.5 Å². The van der Waals surface area contributed by atoms with E-state index in [-0.39, 0.29) is 12.0 Å². The van der Waals surface area contributed by atoms with E-state index in [1.165, 1.54) is 0 Å². The van der Waals surface area contributed by atoms with E-state index in [4.69, 9.17) is 45.9 Å². The molecular weight excluding hydrogens is 324 g/mol. The lowest BCUT2D eigenvalue weighted by Crippen LogP contribution is -2.31. The summed E-state index contributed by atoms with van der Waals surface area (Å²) in [7, 11) is 0. The van der Waals surface area contributed by atoms with Crippen LogP contribution in [0.3, 0.4) is 0 Å². The Morgan fingerprint density at radius 3 is 1.46 bits per heavy atom. The number of carbonyl (C=O) groups excluding carboxylic acids is 1. The van der Waals surface area contributed by atoms with E-state index < -0.39 is 17.9 Å². The quantitative estimate of drug-likeness (QED) is 0.334. The second kappa shape index (κ2) is 20.5. The lowest BCUT2D eigenvalue weighted by molar-refractivity contribution is -0.139. The highest BCUT2D eigenvalue weighted by Gasteiger charge is 2.04. The zero-order valence-corrected chi connectivity index (χ0v) is 14.4. The van der Waals surface area contributed by atoms with Crippen LogP contribution in [0.25, 0.3) is 0 Å². The Balaban J connectivity index is -0.000000137. The van der Waals surface area contributed by atoms with Crippen molar-refractivity contribution < 1.29 is 39.2 Å². The Labute approximate surface area is 141 Å². The minimum Gasteiger partial charge on any atom is -0.481 e. The highest BCUT2D eigenvalue weighted by Crippen LogP contribution is 1.94. The van der Waals surface area contributed by atoms with Crippen LogP contribution in [0.5, 0.6) is 0 Å². The van der Waals surface area contributed by atoms with Crippen LogP contribution in [-0.4, -0.2) is 58.4 Å². The van der Waals surface area contributed by atoms with Crippen molar-refractivity contribution in [1.29, 1.82) is 0 Å². The second-order valence-corrected chi connectivity index (χ2v) is 4.26. The van der Waals surface area contributed by atoms with Crippen LogP contribution in [-0.2, 0) is 23.9 Å². The normalized spacial score (nSPS) is 9.25. The van der Waals surface area contributed by atoms with E-state index in [0.717, 1.165) is 20.8 Å². The number of esters is 1. The number of carboxylic acids is 3. The van der Waals surface area contributed by atoms with Crippen molar-refractivity contribution in [3.8, 4) is 0 Å². The first-order chi connectivity index (χ1) is 10.8. The first kappa shape index (κ1) is 29.5. The van der Waals surface area contributed by atoms with Crippen molar-refractivity contribution >= 4 is 23.9 Å². The minimum atomic E-state index is -0.833. The number of rotatable bonds is 5. The van der Waals surface area contributed by atoms with Gasteiger partial charge >= 0.3 is 5.97 Å². The SMILES string of the molecule is C=C(C)C(=O)OCCC(N)CN.CC(=O)O.CC(=O)O.CC(=O)O. The van der Waals surface area contributed by atoms with Crippen LogP contribution < -0.4 is 11.5 Å². The molecule has 0 aromatic rings. The first-order valence-electron chi connectivity index (χ1n) is 6.64. The molecule has 0 aliphatic carbocycles. The maximum Gasteiger partial charge on any atom is 0.333 e. The number of hydrogen-bond donors (Lipinski definition) is 5. The van der Waals surface area contributed by atoms with Gasteiger partial charge in [0.2, 0.25) is 0 Å². The molecule has 0 aliphatic heterocycles. The molecule has 24 heavy (non-hydrogen) atoms. The zero-order chi connectivity index (χ0) is 20.3. The molecule has 10 nitrogen and oxygen atoms in total. The van der Waals surface area contributed by atoms with Gasteiger partial charge in [0.1, 0.15) is 0 Å². The average Bonchev–Trinajstić information content (AvgIpc) is 2.36. The molecule has 0 bridgehead atoms. The van der Waals surface area contributed by atoms with Gasteiger partial charge in [-0.25, -0.2) is 4.79 Å². The Morgan fingerprint density at radius 1 is 0.958 bits per heavy atom. The zero-order valence-electron chi connectivity index (χ0n) is 14.4. The average molecular weight is 352 g/mol. The van der Waals surface area contributed by atoms with Crippen molar-refractivity contribution in [3.63, 3.8) is 0 Å². The fraction of sp³-hybridized carbons (Fsp3) is 0.571. The first-order valence-corrected chi connectivity index (χ1v) is 6.64. The van der Waals surface area contributed by atoms with Gasteiger partial charge in [-0.3, -0.25) is 14.4 Å². The van der Waals surface area contributed by atoms with Gasteiger partial charge in [0.25, 0.3) is 17.9 Å². The Hall–Kier alpha value is -2.46. The minimum absolute atomic E-state index is 0.0945. The highest BCUT2D eigenvalue weighted by atomic mass is 16.5. The summed E-state index contributed by atoms with van der Waals surface area (Å²) in [6.07, 6.45) is 0.593. The molecule has 142 valence electrons. The summed E-state index contributed by atoms with van der Waals surface area (Å²) in [5.74, 6) is -2.88. The van der Waals surface area contributed by atoms with Gasteiger partial charge in [-0.2, -0.15) is 0 Å². The monoisotopic (exact) mass is 352 g/mol. The molecule has 1 atom stereocenters. The molecule has 0 saturated heterocycles. The van der Waals surface area contributed by atoms with E-state index in [1.807, 2.05) is 0 Å². The summed E-state index contributed by atoms with van der Waals surface area (Å²) in [5.41, 5.74) is 11.2. The van der Waals surface area contributed by atoms with E-state index >= 15 is 0 Å². The largest absolute Gasteiger partial charge is 0.481 e. The second-order valence-electron chi connectivity index (χ2n) is 4.26. The Kier molecular flexibility index (Phi) is 25.3. The Morgan fingerprint density at radius 2 is 1.25 bits per heavy atom.